The predicted molar refractivity (Wildman–Crippen MR) is 86.2 cm³/mol. The Hall–Kier alpha value is -2.67. The third-order valence-corrected chi connectivity index (χ3v) is 3.65. The van der Waals surface area contributed by atoms with Crippen LogP contribution in [0.15, 0.2) is 12.1 Å². The Kier molecular flexibility index (Phi) is 5.35. The molecule has 1 aliphatic rings. The number of carboxylic acid groups (broad SMARTS) is 1. The molecule has 0 bridgehead atoms. The van der Waals surface area contributed by atoms with Gasteiger partial charge in [-0.2, -0.15) is 0 Å². The summed E-state index contributed by atoms with van der Waals surface area (Å²) in [4.78, 5) is 29.4. The molecular formula is C16H15ClN2O5. The van der Waals surface area contributed by atoms with Crippen molar-refractivity contribution in [2.45, 2.75) is 20.8 Å². The minimum Gasteiger partial charge on any atom is -0.477 e. The number of ether oxygens (including phenoxy) is 2. The fourth-order valence-corrected chi connectivity index (χ4v) is 2.22. The third kappa shape index (κ3) is 3.62. The number of halogens is 1. The van der Waals surface area contributed by atoms with Gasteiger partial charge in [0.25, 0.3) is 0 Å². The van der Waals surface area contributed by atoms with Gasteiger partial charge in [-0.05, 0) is 32.9 Å². The first-order valence-electron chi connectivity index (χ1n) is 6.93. The second-order valence-corrected chi connectivity index (χ2v) is 5.35. The Morgan fingerprint density at radius 2 is 1.83 bits per heavy atom. The maximum Gasteiger partial charge on any atom is 0.341 e. The molecule has 0 atom stereocenters. The van der Waals surface area contributed by atoms with Crippen molar-refractivity contribution in [2.75, 3.05) is 6.79 Å². The van der Waals surface area contributed by atoms with E-state index >= 15 is 0 Å². The molecule has 1 aromatic heterocycles. The van der Waals surface area contributed by atoms with Crippen molar-refractivity contribution < 1.29 is 24.2 Å². The molecule has 0 fully saturated rings. The highest BCUT2D eigenvalue weighted by Gasteiger charge is 2.24. The van der Waals surface area contributed by atoms with Crippen molar-refractivity contribution in [3.05, 3.63) is 45.5 Å². The van der Waals surface area contributed by atoms with Crippen molar-refractivity contribution in [3.8, 4) is 11.5 Å². The number of aromatic nitrogens is 2. The number of rotatable bonds is 2. The van der Waals surface area contributed by atoms with Crippen LogP contribution in [0.1, 0.15) is 37.9 Å². The van der Waals surface area contributed by atoms with Crippen molar-refractivity contribution in [1.29, 1.82) is 0 Å². The fourth-order valence-electron chi connectivity index (χ4n) is 1.99. The van der Waals surface area contributed by atoms with Gasteiger partial charge < -0.3 is 14.6 Å². The Labute approximate surface area is 143 Å². The number of carboxylic acids is 1. The number of aryl methyl sites for hydroxylation is 3. The lowest BCUT2D eigenvalue weighted by Gasteiger charge is -2.02. The topological polar surface area (TPSA) is 98.6 Å². The van der Waals surface area contributed by atoms with Crippen molar-refractivity contribution >= 4 is 23.9 Å². The molecule has 1 N–H and O–H groups in total. The number of carbonyl (C=O) groups is 2. The highest BCUT2D eigenvalue weighted by molar-refractivity contribution is 6.34. The maximum absolute atomic E-state index is 10.8. The lowest BCUT2D eigenvalue weighted by atomic mass is 10.2. The van der Waals surface area contributed by atoms with Crippen LogP contribution in [-0.2, 0) is 0 Å². The van der Waals surface area contributed by atoms with Crippen LogP contribution in [0.3, 0.4) is 0 Å². The molecule has 0 saturated heterocycles. The Bertz CT molecular complexity index is 808. The van der Waals surface area contributed by atoms with E-state index in [1.165, 1.54) is 6.07 Å². The van der Waals surface area contributed by atoms with Crippen LogP contribution in [0.5, 0.6) is 11.5 Å². The highest BCUT2D eigenvalue weighted by atomic mass is 35.5. The number of benzene rings is 1. The van der Waals surface area contributed by atoms with Crippen LogP contribution < -0.4 is 9.47 Å². The number of fused-ring (bicyclic) bond motifs is 1. The van der Waals surface area contributed by atoms with Gasteiger partial charge in [0, 0.05) is 0 Å². The van der Waals surface area contributed by atoms with E-state index in [0.29, 0.717) is 17.1 Å². The SMILES string of the molecule is Cc1nc(C)c(C=O)nc1C.O=C(O)c1c(Cl)ccc2c1OCO2. The molecule has 1 aromatic carbocycles. The molecule has 126 valence electrons. The quantitative estimate of drug-likeness (QED) is 0.831. The Balaban J connectivity index is 0.000000177. The molecule has 1 aliphatic heterocycles. The molecule has 0 spiro atoms. The molecule has 0 unspecified atom stereocenters. The average Bonchev–Trinajstić information content (AvgIpc) is 2.99. The lowest BCUT2D eigenvalue weighted by Crippen LogP contribution is -2.00. The first-order valence-corrected chi connectivity index (χ1v) is 7.31. The van der Waals surface area contributed by atoms with Gasteiger partial charge in [0.1, 0.15) is 11.3 Å². The summed E-state index contributed by atoms with van der Waals surface area (Å²) in [5.41, 5.74) is 2.79. The normalized spacial score (nSPS) is 11.5. The van der Waals surface area contributed by atoms with E-state index in [1.54, 1.807) is 13.0 Å². The summed E-state index contributed by atoms with van der Waals surface area (Å²) in [5.74, 6) is -0.492. The van der Waals surface area contributed by atoms with Crippen LogP contribution in [-0.4, -0.2) is 34.1 Å². The second-order valence-electron chi connectivity index (χ2n) is 4.94. The molecule has 8 heteroatoms. The van der Waals surface area contributed by atoms with Gasteiger partial charge in [-0.15, -0.1) is 0 Å². The first kappa shape index (κ1) is 17.7. The Morgan fingerprint density at radius 3 is 2.46 bits per heavy atom. The molecule has 24 heavy (non-hydrogen) atoms. The molecular weight excluding hydrogens is 336 g/mol. The summed E-state index contributed by atoms with van der Waals surface area (Å²) < 4.78 is 9.98. The number of nitrogens with zero attached hydrogens (tertiary/aromatic N) is 2. The molecule has 0 amide bonds. The Morgan fingerprint density at radius 1 is 1.17 bits per heavy atom. The molecule has 2 heterocycles. The van der Waals surface area contributed by atoms with Crippen LogP contribution in [0.2, 0.25) is 5.02 Å². The van der Waals surface area contributed by atoms with E-state index in [4.69, 9.17) is 26.2 Å². The van der Waals surface area contributed by atoms with E-state index in [2.05, 4.69) is 9.97 Å². The van der Waals surface area contributed by atoms with Gasteiger partial charge >= 0.3 is 5.97 Å². The minimum atomic E-state index is -1.12. The average molecular weight is 351 g/mol. The van der Waals surface area contributed by atoms with Crippen molar-refractivity contribution in [2.24, 2.45) is 0 Å². The molecule has 7 nitrogen and oxygen atoms in total. The summed E-state index contributed by atoms with van der Waals surface area (Å²) in [7, 11) is 0. The van der Waals surface area contributed by atoms with E-state index < -0.39 is 5.97 Å². The van der Waals surface area contributed by atoms with Crippen LogP contribution >= 0.6 is 11.6 Å². The van der Waals surface area contributed by atoms with Gasteiger partial charge in [0.2, 0.25) is 6.79 Å². The number of carbonyl (C=O) groups excluding carboxylic acids is 1. The minimum absolute atomic E-state index is 0.0377. The maximum atomic E-state index is 10.8. The van der Waals surface area contributed by atoms with Crippen LogP contribution in [0, 0.1) is 20.8 Å². The predicted octanol–water partition coefficient (Wildman–Crippen LogP) is 2.98. The number of hydrogen-bond acceptors (Lipinski definition) is 6. The van der Waals surface area contributed by atoms with E-state index in [-0.39, 0.29) is 23.1 Å². The van der Waals surface area contributed by atoms with Crippen molar-refractivity contribution in [3.63, 3.8) is 0 Å². The van der Waals surface area contributed by atoms with Gasteiger partial charge in [-0.3, -0.25) is 9.78 Å². The van der Waals surface area contributed by atoms with E-state index in [0.717, 1.165) is 17.7 Å². The number of aldehydes is 1. The zero-order chi connectivity index (χ0) is 17.9. The molecule has 0 radical (unpaired) electrons. The molecule has 0 aliphatic carbocycles. The smallest absolute Gasteiger partial charge is 0.341 e. The third-order valence-electron chi connectivity index (χ3n) is 3.33. The molecule has 3 rings (SSSR count). The summed E-state index contributed by atoms with van der Waals surface area (Å²) in [6.07, 6.45) is 0.731. The lowest BCUT2D eigenvalue weighted by molar-refractivity contribution is 0.0692. The summed E-state index contributed by atoms with van der Waals surface area (Å²) in [6.45, 7) is 5.54. The second kappa shape index (κ2) is 7.27. The largest absolute Gasteiger partial charge is 0.477 e. The number of hydrogen-bond donors (Lipinski definition) is 1. The fraction of sp³-hybridized carbons (Fsp3) is 0.250. The molecule has 0 saturated carbocycles. The zero-order valence-corrected chi connectivity index (χ0v) is 14.0. The van der Waals surface area contributed by atoms with Gasteiger partial charge in [0.05, 0.1) is 22.1 Å². The van der Waals surface area contributed by atoms with E-state index in [1.807, 2.05) is 13.8 Å². The summed E-state index contributed by atoms with van der Waals surface area (Å²) in [5, 5.41) is 8.96. The van der Waals surface area contributed by atoms with Crippen LogP contribution in [0.25, 0.3) is 0 Å². The monoisotopic (exact) mass is 350 g/mol. The van der Waals surface area contributed by atoms with E-state index in [9.17, 15) is 9.59 Å². The first-order chi connectivity index (χ1) is 11.3. The number of aromatic carboxylic acids is 1. The van der Waals surface area contributed by atoms with Crippen molar-refractivity contribution in [1.82, 2.24) is 9.97 Å². The standard InChI is InChI=1S/C8H5ClO4.C8H10N2O/c9-4-1-2-5-7(13-3-12-5)6(4)8(10)11;1-5-6(2)10-8(4-11)7(3)9-5/h1-2H,3H2,(H,10,11);4H,1-3H3. The summed E-state index contributed by atoms with van der Waals surface area (Å²) in [6, 6.07) is 3.05. The zero-order valence-electron chi connectivity index (χ0n) is 13.3. The van der Waals surface area contributed by atoms with Crippen LogP contribution in [0.4, 0.5) is 0 Å². The highest BCUT2D eigenvalue weighted by Crippen LogP contribution is 2.39. The van der Waals surface area contributed by atoms with Gasteiger partial charge in [0.15, 0.2) is 17.8 Å². The van der Waals surface area contributed by atoms with Gasteiger partial charge in [-0.25, -0.2) is 9.78 Å². The summed E-state index contributed by atoms with van der Waals surface area (Å²) >= 11 is 5.69. The van der Waals surface area contributed by atoms with Gasteiger partial charge in [-0.1, -0.05) is 11.6 Å². The molecule has 2 aromatic rings.